The predicted molar refractivity (Wildman–Crippen MR) is 116 cm³/mol. The Labute approximate surface area is 184 Å². The highest BCUT2D eigenvalue weighted by atomic mass is 35.5. The van der Waals surface area contributed by atoms with Gasteiger partial charge in [-0.15, -0.1) is 0 Å². The number of methoxy groups -OCH3 is 1. The van der Waals surface area contributed by atoms with Gasteiger partial charge in [0.25, 0.3) is 5.91 Å². The van der Waals surface area contributed by atoms with Gasteiger partial charge in [-0.3, -0.25) is 9.59 Å². The Bertz CT molecular complexity index is 1020. The molecular formula is C22H23ClN2O6. The van der Waals surface area contributed by atoms with Crippen molar-refractivity contribution >= 4 is 40.8 Å². The first-order chi connectivity index (χ1) is 14.8. The largest absolute Gasteiger partial charge is 0.495 e. The van der Waals surface area contributed by atoms with Crippen molar-refractivity contribution in [1.29, 1.82) is 0 Å². The second-order valence-electron chi connectivity index (χ2n) is 7.08. The summed E-state index contributed by atoms with van der Waals surface area (Å²) in [5.41, 5.74) is 2.87. The molecule has 2 N–H and O–H groups in total. The average Bonchev–Trinajstić information content (AvgIpc) is 2.74. The van der Waals surface area contributed by atoms with Crippen molar-refractivity contribution in [3.05, 3.63) is 46.5 Å². The molecule has 0 fully saturated rings. The van der Waals surface area contributed by atoms with Gasteiger partial charge in [-0.1, -0.05) is 11.6 Å². The van der Waals surface area contributed by atoms with E-state index in [2.05, 4.69) is 10.6 Å². The van der Waals surface area contributed by atoms with E-state index in [-0.39, 0.29) is 12.5 Å². The van der Waals surface area contributed by atoms with Crippen LogP contribution >= 0.6 is 11.6 Å². The number of benzene rings is 2. The van der Waals surface area contributed by atoms with E-state index in [9.17, 15) is 14.4 Å². The first kappa shape index (κ1) is 22.4. The number of aryl methyl sites for hydroxylation is 2. The summed E-state index contributed by atoms with van der Waals surface area (Å²) in [4.78, 5) is 35.9. The molecule has 1 aliphatic heterocycles. The molecule has 31 heavy (non-hydrogen) atoms. The summed E-state index contributed by atoms with van der Waals surface area (Å²) in [6, 6.07) is 8.43. The van der Waals surface area contributed by atoms with E-state index in [1.165, 1.54) is 14.0 Å². The minimum atomic E-state index is -1.05. The Morgan fingerprint density at radius 3 is 2.74 bits per heavy atom. The summed E-state index contributed by atoms with van der Waals surface area (Å²) in [6.45, 7) is 2.91. The lowest BCUT2D eigenvalue weighted by atomic mass is 10.0. The third kappa shape index (κ3) is 5.67. The number of carbonyl (C=O) groups is 3. The number of hydrogen-bond acceptors (Lipinski definition) is 6. The fourth-order valence-electron chi connectivity index (χ4n) is 3.04. The molecule has 1 unspecified atom stereocenters. The molecule has 2 aromatic carbocycles. The number of ether oxygens (including phenoxy) is 3. The van der Waals surface area contributed by atoms with E-state index in [0.717, 1.165) is 16.8 Å². The lowest BCUT2D eigenvalue weighted by Gasteiger charge is -2.18. The monoisotopic (exact) mass is 446 g/mol. The van der Waals surface area contributed by atoms with Crippen molar-refractivity contribution in [3.8, 4) is 11.5 Å². The lowest BCUT2D eigenvalue weighted by molar-refractivity contribution is -0.155. The maximum absolute atomic E-state index is 12.4. The van der Waals surface area contributed by atoms with Gasteiger partial charge in [-0.05, 0) is 55.7 Å². The van der Waals surface area contributed by atoms with Crippen LogP contribution in [-0.2, 0) is 25.5 Å². The van der Waals surface area contributed by atoms with Crippen LogP contribution in [0.1, 0.15) is 24.5 Å². The molecule has 1 atom stereocenters. The average molecular weight is 447 g/mol. The normalized spacial score (nSPS) is 13.5. The molecule has 1 heterocycles. The molecule has 0 bridgehead atoms. The third-order valence-corrected chi connectivity index (χ3v) is 5.15. The highest BCUT2D eigenvalue weighted by Crippen LogP contribution is 2.31. The van der Waals surface area contributed by atoms with Crippen LogP contribution in [0.5, 0.6) is 11.5 Å². The van der Waals surface area contributed by atoms with E-state index in [1.54, 1.807) is 37.3 Å². The molecule has 8 nitrogen and oxygen atoms in total. The van der Waals surface area contributed by atoms with Crippen LogP contribution in [0.3, 0.4) is 0 Å². The van der Waals surface area contributed by atoms with Gasteiger partial charge < -0.3 is 24.8 Å². The Hall–Kier alpha value is -3.26. The molecule has 0 spiro atoms. The molecule has 1 aliphatic rings. The van der Waals surface area contributed by atoms with Crippen molar-refractivity contribution in [2.24, 2.45) is 0 Å². The van der Waals surface area contributed by atoms with Gasteiger partial charge in [-0.2, -0.15) is 0 Å². The second kappa shape index (κ2) is 9.70. The first-order valence-corrected chi connectivity index (χ1v) is 10.0. The summed E-state index contributed by atoms with van der Waals surface area (Å²) in [5.74, 6) is -0.353. The minimum Gasteiger partial charge on any atom is -0.495 e. The molecule has 0 aliphatic carbocycles. The smallest absolute Gasteiger partial charge is 0.344 e. The number of hydrogen-bond donors (Lipinski definition) is 2. The Kier molecular flexibility index (Phi) is 7.02. The van der Waals surface area contributed by atoms with Gasteiger partial charge in [0.05, 0.1) is 12.8 Å². The summed E-state index contributed by atoms with van der Waals surface area (Å²) in [6.07, 6.45) is -0.0352. The first-order valence-electron chi connectivity index (χ1n) is 9.67. The summed E-state index contributed by atoms with van der Waals surface area (Å²) in [7, 11) is 1.46. The third-order valence-electron chi connectivity index (χ3n) is 4.74. The fraction of sp³-hybridized carbons (Fsp3) is 0.318. The van der Waals surface area contributed by atoms with Gasteiger partial charge >= 0.3 is 5.97 Å². The number of esters is 1. The van der Waals surface area contributed by atoms with Crippen molar-refractivity contribution in [1.82, 2.24) is 0 Å². The number of halogens is 1. The van der Waals surface area contributed by atoms with E-state index >= 15 is 0 Å². The van der Waals surface area contributed by atoms with Crippen LogP contribution in [0.2, 0.25) is 5.02 Å². The molecule has 2 aromatic rings. The van der Waals surface area contributed by atoms with Gasteiger partial charge in [0.1, 0.15) is 11.5 Å². The second-order valence-corrected chi connectivity index (χ2v) is 7.49. The van der Waals surface area contributed by atoms with Gasteiger partial charge in [0.15, 0.2) is 12.7 Å². The maximum atomic E-state index is 12.4. The zero-order valence-electron chi connectivity index (χ0n) is 17.4. The topological polar surface area (TPSA) is 103 Å². The van der Waals surface area contributed by atoms with Crippen LogP contribution < -0.4 is 20.1 Å². The van der Waals surface area contributed by atoms with E-state index in [1.807, 2.05) is 0 Å². The molecule has 0 aromatic heterocycles. The summed E-state index contributed by atoms with van der Waals surface area (Å²) >= 11 is 6.07. The SMILES string of the molecule is COc1cc(Cl)c(C)cc1NC(=O)C(C)OC(=O)COc1ccc2c(c1)CCC(=O)N2. The van der Waals surface area contributed by atoms with Gasteiger partial charge in [0.2, 0.25) is 5.91 Å². The van der Waals surface area contributed by atoms with Crippen LogP contribution in [0, 0.1) is 6.92 Å². The highest BCUT2D eigenvalue weighted by molar-refractivity contribution is 6.31. The van der Waals surface area contributed by atoms with Crippen molar-refractivity contribution in [2.45, 2.75) is 32.8 Å². The molecule has 164 valence electrons. The molecular weight excluding hydrogens is 424 g/mol. The molecule has 0 radical (unpaired) electrons. The van der Waals surface area contributed by atoms with Crippen molar-refractivity contribution in [2.75, 3.05) is 24.4 Å². The van der Waals surface area contributed by atoms with Crippen molar-refractivity contribution < 1.29 is 28.6 Å². The van der Waals surface area contributed by atoms with Crippen molar-refractivity contribution in [3.63, 3.8) is 0 Å². The number of carbonyl (C=O) groups excluding carboxylic acids is 3. The standard InChI is InChI=1S/C22H23ClN2O6/c1-12-8-18(19(29-3)10-16(12)23)25-22(28)13(2)31-21(27)11-30-15-5-6-17-14(9-15)4-7-20(26)24-17/h5-6,8-10,13H,4,7,11H2,1-3H3,(H,24,26)(H,25,28). The quantitative estimate of drug-likeness (QED) is 0.631. The molecule has 0 saturated heterocycles. The van der Waals surface area contributed by atoms with Crippen LogP contribution in [0.25, 0.3) is 0 Å². The zero-order valence-corrected chi connectivity index (χ0v) is 18.2. The Morgan fingerprint density at radius 2 is 2.00 bits per heavy atom. The lowest BCUT2D eigenvalue weighted by Crippen LogP contribution is -2.31. The number of nitrogens with one attached hydrogen (secondary N) is 2. The van der Waals surface area contributed by atoms with E-state index in [0.29, 0.717) is 35.1 Å². The minimum absolute atomic E-state index is 0.0246. The summed E-state index contributed by atoms with van der Waals surface area (Å²) < 4.78 is 15.9. The highest BCUT2D eigenvalue weighted by Gasteiger charge is 2.21. The number of amides is 2. The van der Waals surface area contributed by atoms with E-state index in [4.69, 9.17) is 25.8 Å². The summed E-state index contributed by atoms with van der Waals surface area (Å²) in [5, 5.41) is 5.96. The Balaban J connectivity index is 1.53. The molecule has 2 amide bonds. The number of rotatable bonds is 7. The van der Waals surface area contributed by atoms with Gasteiger partial charge in [-0.25, -0.2) is 4.79 Å². The maximum Gasteiger partial charge on any atom is 0.344 e. The predicted octanol–water partition coefficient (Wildman–Crippen LogP) is 3.49. The van der Waals surface area contributed by atoms with Crippen LogP contribution in [0.15, 0.2) is 30.3 Å². The van der Waals surface area contributed by atoms with Gasteiger partial charge in [0, 0.05) is 23.2 Å². The Morgan fingerprint density at radius 1 is 1.23 bits per heavy atom. The van der Waals surface area contributed by atoms with Crippen LogP contribution in [0.4, 0.5) is 11.4 Å². The zero-order chi connectivity index (χ0) is 22.5. The molecule has 0 saturated carbocycles. The molecule has 3 rings (SSSR count). The number of fused-ring (bicyclic) bond motifs is 1. The number of anilines is 2. The van der Waals surface area contributed by atoms with E-state index < -0.39 is 18.0 Å². The van der Waals surface area contributed by atoms with Crippen LogP contribution in [-0.4, -0.2) is 37.6 Å². The fourth-order valence-corrected chi connectivity index (χ4v) is 3.19. The molecule has 9 heteroatoms.